The molecule has 1 saturated heterocycles. The zero-order chi connectivity index (χ0) is 14.8. The fourth-order valence-electron chi connectivity index (χ4n) is 2.74. The molecule has 0 N–H and O–H groups in total. The number of nitrogens with zero attached hydrogens (tertiary/aromatic N) is 1. The maximum atomic E-state index is 12.2. The highest BCUT2D eigenvalue weighted by Crippen LogP contribution is 2.28. The first-order chi connectivity index (χ1) is 9.37. The van der Waals surface area contributed by atoms with E-state index in [-0.39, 0.29) is 17.9 Å². The Hall–Kier alpha value is -1.35. The van der Waals surface area contributed by atoms with Crippen molar-refractivity contribution in [2.75, 3.05) is 6.54 Å². The Bertz CT molecular complexity index is 450. The number of carbonyl (C=O) groups is 1. The zero-order valence-electron chi connectivity index (χ0n) is 12.9. The van der Waals surface area contributed by atoms with Crippen LogP contribution in [0.1, 0.15) is 39.7 Å². The summed E-state index contributed by atoms with van der Waals surface area (Å²) in [5, 5.41) is 0. The van der Waals surface area contributed by atoms with Crippen molar-refractivity contribution < 1.29 is 9.53 Å². The second-order valence-electron chi connectivity index (χ2n) is 6.63. The number of carbonyl (C=O) groups excluding carboxylic acids is 1. The molecule has 2 rings (SSSR count). The van der Waals surface area contributed by atoms with Crippen LogP contribution in [0.5, 0.6) is 0 Å². The van der Waals surface area contributed by atoms with Crippen LogP contribution in [0.3, 0.4) is 0 Å². The van der Waals surface area contributed by atoms with Crippen molar-refractivity contribution in [3.63, 3.8) is 0 Å². The molecule has 3 heteroatoms. The van der Waals surface area contributed by atoms with Crippen LogP contribution in [0.4, 0.5) is 0 Å². The van der Waals surface area contributed by atoms with Gasteiger partial charge in [-0.25, -0.2) is 0 Å². The van der Waals surface area contributed by atoms with E-state index < -0.39 is 5.60 Å². The van der Waals surface area contributed by atoms with Crippen LogP contribution in [-0.2, 0) is 16.1 Å². The van der Waals surface area contributed by atoms with Crippen LogP contribution in [0.15, 0.2) is 30.3 Å². The van der Waals surface area contributed by atoms with Crippen molar-refractivity contribution in [2.24, 2.45) is 5.92 Å². The standard InChI is InChI=1S/C17H25NO2/c1-13-15(16(19)20-17(2,3)4)10-11-18(13)12-14-8-6-5-7-9-14/h5-9,13,15H,10-12H2,1-4H3/t13-,15+/m1/s1. The summed E-state index contributed by atoms with van der Waals surface area (Å²) in [7, 11) is 0. The molecule has 3 nitrogen and oxygen atoms in total. The molecule has 1 aliphatic rings. The fraction of sp³-hybridized carbons (Fsp3) is 0.588. The van der Waals surface area contributed by atoms with E-state index in [1.807, 2.05) is 26.8 Å². The number of hydrogen-bond donors (Lipinski definition) is 0. The van der Waals surface area contributed by atoms with Crippen molar-refractivity contribution in [3.05, 3.63) is 35.9 Å². The van der Waals surface area contributed by atoms with Crippen molar-refractivity contribution in [1.29, 1.82) is 0 Å². The lowest BCUT2D eigenvalue weighted by molar-refractivity contribution is -0.160. The Morgan fingerprint density at radius 3 is 2.55 bits per heavy atom. The minimum Gasteiger partial charge on any atom is -0.460 e. The number of hydrogen-bond acceptors (Lipinski definition) is 3. The molecule has 0 aliphatic carbocycles. The lowest BCUT2D eigenvalue weighted by Gasteiger charge is -2.26. The summed E-state index contributed by atoms with van der Waals surface area (Å²) in [6.45, 7) is 9.76. The van der Waals surface area contributed by atoms with E-state index in [0.29, 0.717) is 0 Å². The minimum atomic E-state index is -0.399. The lowest BCUT2D eigenvalue weighted by Crippen LogP contribution is -2.36. The highest BCUT2D eigenvalue weighted by molar-refractivity contribution is 5.74. The molecule has 0 radical (unpaired) electrons. The summed E-state index contributed by atoms with van der Waals surface area (Å²) in [5.74, 6) is -0.0569. The van der Waals surface area contributed by atoms with E-state index in [9.17, 15) is 4.79 Å². The van der Waals surface area contributed by atoms with E-state index in [4.69, 9.17) is 4.74 Å². The highest BCUT2D eigenvalue weighted by atomic mass is 16.6. The van der Waals surface area contributed by atoms with Crippen molar-refractivity contribution in [1.82, 2.24) is 4.90 Å². The van der Waals surface area contributed by atoms with Gasteiger partial charge in [0, 0.05) is 12.6 Å². The summed E-state index contributed by atoms with van der Waals surface area (Å²) < 4.78 is 5.52. The number of likely N-dealkylation sites (tertiary alicyclic amines) is 1. The second-order valence-corrected chi connectivity index (χ2v) is 6.63. The largest absolute Gasteiger partial charge is 0.460 e. The van der Waals surface area contributed by atoms with Gasteiger partial charge in [0.1, 0.15) is 5.60 Å². The maximum absolute atomic E-state index is 12.2. The average molecular weight is 275 g/mol. The summed E-state index contributed by atoms with van der Waals surface area (Å²) in [4.78, 5) is 14.6. The average Bonchev–Trinajstić information content (AvgIpc) is 2.70. The molecule has 0 amide bonds. The highest BCUT2D eigenvalue weighted by Gasteiger charge is 2.37. The third-order valence-electron chi connectivity index (χ3n) is 3.82. The summed E-state index contributed by atoms with van der Waals surface area (Å²) in [5.41, 5.74) is 0.896. The summed E-state index contributed by atoms with van der Waals surface area (Å²) in [6.07, 6.45) is 0.892. The topological polar surface area (TPSA) is 29.5 Å². The minimum absolute atomic E-state index is 0.00191. The van der Waals surface area contributed by atoms with Gasteiger partial charge in [-0.15, -0.1) is 0 Å². The third kappa shape index (κ3) is 3.83. The SMILES string of the molecule is C[C@@H]1[C@@H](C(=O)OC(C)(C)C)CCN1Cc1ccccc1. The van der Waals surface area contributed by atoms with Crippen LogP contribution in [0.25, 0.3) is 0 Å². The molecule has 0 unspecified atom stereocenters. The lowest BCUT2D eigenvalue weighted by atomic mass is 10.0. The zero-order valence-corrected chi connectivity index (χ0v) is 12.9. The smallest absolute Gasteiger partial charge is 0.311 e. The van der Waals surface area contributed by atoms with Gasteiger partial charge in [-0.05, 0) is 46.2 Å². The van der Waals surface area contributed by atoms with Crippen LogP contribution >= 0.6 is 0 Å². The van der Waals surface area contributed by atoms with Gasteiger partial charge in [0.25, 0.3) is 0 Å². The molecule has 1 aliphatic heterocycles. The molecule has 0 saturated carbocycles. The number of ether oxygens (including phenoxy) is 1. The maximum Gasteiger partial charge on any atom is 0.311 e. The quantitative estimate of drug-likeness (QED) is 0.793. The van der Waals surface area contributed by atoms with Crippen LogP contribution in [0, 0.1) is 5.92 Å². The first kappa shape index (κ1) is 15.0. The van der Waals surface area contributed by atoms with Crippen molar-refractivity contribution in [3.8, 4) is 0 Å². The molecule has 0 aromatic heterocycles. The normalized spacial score (nSPS) is 23.8. The molecule has 0 spiro atoms. The molecule has 0 bridgehead atoms. The first-order valence-electron chi connectivity index (χ1n) is 7.37. The Morgan fingerprint density at radius 1 is 1.30 bits per heavy atom. The number of rotatable bonds is 3. The van der Waals surface area contributed by atoms with Crippen LogP contribution in [-0.4, -0.2) is 29.1 Å². The van der Waals surface area contributed by atoms with E-state index in [2.05, 4.69) is 36.1 Å². The summed E-state index contributed by atoms with van der Waals surface area (Å²) >= 11 is 0. The van der Waals surface area contributed by atoms with Gasteiger partial charge in [0.15, 0.2) is 0 Å². The predicted octanol–water partition coefficient (Wildman–Crippen LogP) is 3.24. The monoisotopic (exact) mass is 275 g/mol. The molecule has 1 heterocycles. The Kier molecular flexibility index (Phi) is 4.48. The van der Waals surface area contributed by atoms with Crippen LogP contribution < -0.4 is 0 Å². The molecule has 2 atom stereocenters. The predicted molar refractivity (Wildman–Crippen MR) is 80.3 cm³/mol. The van der Waals surface area contributed by atoms with Gasteiger partial charge in [-0.2, -0.15) is 0 Å². The van der Waals surface area contributed by atoms with Gasteiger partial charge in [0.2, 0.25) is 0 Å². The number of esters is 1. The molecule has 110 valence electrons. The molecule has 20 heavy (non-hydrogen) atoms. The van der Waals surface area contributed by atoms with E-state index in [1.54, 1.807) is 0 Å². The number of benzene rings is 1. The third-order valence-corrected chi connectivity index (χ3v) is 3.82. The fourth-order valence-corrected chi connectivity index (χ4v) is 2.74. The Morgan fingerprint density at radius 2 is 1.95 bits per heavy atom. The Labute approximate surface area is 121 Å². The molecule has 1 fully saturated rings. The van der Waals surface area contributed by atoms with E-state index >= 15 is 0 Å². The van der Waals surface area contributed by atoms with Crippen molar-refractivity contribution >= 4 is 5.97 Å². The van der Waals surface area contributed by atoms with Gasteiger partial charge in [-0.1, -0.05) is 30.3 Å². The van der Waals surface area contributed by atoms with E-state index in [0.717, 1.165) is 19.5 Å². The second kappa shape index (κ2) is 5.96. The summed E-state index contributed by atoms with van der Waals surface area (Å²) in [6, 6.07) is 10.6. The molecular weight excluding hydrogens is 250 g/mol. The van der Waals surface area contributed by atoms with Gasteiger partial charge in [0.05, 0.1) is 5.92 Å². The van der Waals surface area contributed by atoms with Gasteiger partial charge < -0.3 is 4.74 Å². The first-order valence-corrected chi connectivity index (χ1v) is 7.37. The van der Waals surface area contributed by atoms with Gasteiger partial charge >= 0.3 is 5.97 Å². The molecule has 1 aromatic carbocycles. The molecule has 1 aromatic rings. The van der Waals surface area contributed by atoms with Gasteiger partial charge in [-0.3, -0.25) is 9.69 Å². The van der Waals surface area contributed by atoms with Crippen molar-refractivity contribution in [2.45, 2.75) is 52.3 Å². The molecular formula is C17H25NO2. The Balaban J connectivity index is 1.95. The van der Waals surface area contributed by atoms with Crippen LogP contribution in [0.2, 0.25) is 0 Å². The van der Waals surface area contributed by atoms with E-state index in [1.165, 1.54) is 5.56 Å².